The highest BCUT2D eigenvalue weighted by molar-refractivity contribution is 9.10. The largest absolute Gasteiger partial charge is 0.366 e. The van der Waals surface area contributed by atoms with Crippen LogP contribution in [0.4, 0.5) is 14.5 Å². The molecule has 1 aromatic rings. The van der Waals surface area contributed by atoms with E-state index in [1.165, 1.54) is 12.1 Å². The van der Waals surface area contributed by atoms with Crippen LogP contribution in [0.5, 0.6) is 0 Å². The van der Waals surface area contributed by atoms with Gasteiger partial charge in [-0.25, -0.2) is 8.78 Å². The van der Waals surface area contributed by atoms with Crippen LogP contribution in [0.2, 0.25) is 0 Å². The molecule has 5 heteroatoms. The zero-order valence-corrected chi connectivity index (χ0v) is 10.9. The van der Waals surface area contributed by atoms with E-state index in [9.17, 15) is 13.6 Å². The smallest absolute Gasteiger partial charge is 0.150 e. The summed E-state index contributed by atoms with van der Waals surface area (Å²) in [6.45, 7) is 2.52. The lowest BCUT2D eigenvalue weighted by atomic mass is 9.98. The minimum atomic E-state index is -0.599. The Kier molecular flexibility index (Phi) is 3.47. The Morgan fingerprint density at radius 2 is 1.94 bits per heavy atom. The number of carbonyl (C=O) groups is 1. The third-order valence-electron chi connectivity index (χ3n) is 2.97. The van der Waals surface area contributed by atoms with Crippen LogP contribution in [0.15, 0.2) is 16.6 Å². The van der Waals surface area contributed by atoms with Gasteiger partial charge in [-0.15, -0.1) is 0 Å². The Morgan fingerprint density at radius 1 is 1.35 bits per heavy atom. The molecule has 1 heterocycles. The normalized spacial score (nSPS) is 20.8. The first-order valence-electron chi connectivity index (χ1n) is 5.41. The van der Waals surface area contributed by atoms with Gasteiger partial charge in [-0.05, 0) is 12.1 Å². The maximum absolute atomic E-state index is 13.7. The van der Waals surface area contributed by atoms with Crippen molar-refractivity contribution < 1.29 is 13.6 Å². The van der Waals surface area contributed by atoms with E-state index < -0.39 is 11.6 Å². The average Bonchev–Trinajstić information content (AvgIpc) is 2.21. The number of hydrogen-bond acceptors (Lipinski definition) is 2. The Labute approximate surface area is 107 Å². The van der Waals surface area contributed by atoms with Crippen molar-refractivity contribution in [3.05, 3.63) is 28.2 Å². The number of Topliss-reactive ketones (excluding diaryl/α,β-unsaturated/α-hetero) is 1. The maximum atomic E-state index is 13.7. The molecule has 0 aliphatic carbocycles. The first-order valence-corrected chi connectivity index (χ1v) is 6.20. The summed E-state index contributed by atoms with van der Waals surface area (Å²) in [5.74, 6) is -1.22. The number of ketones is 1. The van der Waals surface area contributed by atoms with Crippen molar-refractivity contribution in [2.45, 2.75) is 13.3 Å². The highest BCUT2D eigenvalue weighted by Gasteiger charge is 2.27. The zero-order chi connectivity index (χ0) is 12.6. The summed E-state index contributed by atoms with van der Waals surface area (Å²) in [6, 6.07) is 2.47. The van der Waals surface area contributed by atoms with Crippen molar-refractivity contribution in [2.24, 2.45) is 5.92 Å². The quantitative estimate of drug-likeness (QED) is 0.794. The molecular formula is C12H12BrF2NO. The molecule has 1 aromatic carbocycles. The van der Waals surface area contributed by atoms with Gasteiger partial charge in [-0.1, -0.05) is 22.9 Å². The summed E-state index contributed by atoms with van der Waals surface area (Å²) in [7, 11) is 0. The highest BCUT2D eigenvalue weighted by Crippen LogP contribution is 2.29. The molecule has 0 N–H and O–H groups in total. The van der Waals surface area contributed by atoms with E-state index >= 15 is 0 Å². The lowest BCUT2D eigenvalue weighted by Gasteiger charge is -2.32. The van der Waals surface area contributed by atoms with Crippen LogP contribution in [-0.2, 0) is 4.79 Å². The second-order valence-electron chi connectivity index (χ2n) is 4.28. The fourth-order valence-electron chi connectivity index (χ4n) is 2.06. The van der Waals surface area contributed by atoms with Gasteiger partial charge in [0.15, 0.2) is 11.6 Å². The Balaban J connectivity index is 2.32. The number of benzene rings is 1. The Morgan fingerprint density at radius 3 is 2.47 bits per heavy atom. The van der Waals surface area contributed by atoms with Gasteiger partial charge in [0, 0.05) is 29.9 Å². The van der Waals surface area contributed by atoms with Crippen molar-refractivity contribution in [3.8, 4) is 0 Å². The van der Waals surface area contributed by atoms with Gasteiger partial charge in [0.1, 0.15) is 11.5 Å². The number of piperidine rings is 1. The van der Waals surface area contributed by atoms with Crippen LogP contribution >= 0.6 is 15.9 Å². The Bertz CT molecular complexity index is 441. The molecule has 92 valence electrons. The van der Waals surface area contributed by atoms with Crippen LogP contribution in [0.1, 0.15) is 13.3 Å². The second-order valence-corrected chi connectivity index (χ2v) is 5.20. The lowest BCUT2D eigenvalue weighted by molar-refractivity contribution is -0.122. The lowest BCUT2D eigenvalue weighted by Crippen LogP contribution is -2.40. The summed E-state index contributed by atoms with van der Waals surface area (Å²) >= 11 is 3.04. The summed E-state index contributed by atoms with van der Waals surface area (Å²) in [6.07, 6.45) is 0.343. The fraction of sp³-hybridized carbons (Fsp3) is 0.417. The number of anilines is 1. The third kappa shape index (κ3) is 2.49. The van der Waals surface area contributed by atoms with Gasteiger partial charge < -0.3 is 4.90 Å². The first-order chi connectivity index (χ1) is 7.99. The molecular weight excluding hydrogens is 292 g/mol. The first kappa shape index (κ1) is 12.5. The van der Waals surface area contributed by atoms with Crippen molar-refractivity contribution in [3.63, 3.8) is 0 Å². The molecule has 2 rings (SSSR count). The van der Waals surface area contributed by atoms with E-state index in [4.69, 9.17) is 0 Å². The monoisotopic (exact) mass is 303 g/mol. The maximum Gasteiger partial charge on any atom is 0.150 e. The van der Waals surface area contributed by atoms with Crippen LogP contribution in [0.3, 0.4) is 0 Å². The predicted octanol–water partition coefficient (Wildman–Crippen LogP) is 3.14. The van der Waals surface area contributed by atoms with Gasteiger partial charge >= 0.3 is 0 Å². The van der Waals surface area contributed by atoms with Gasteiger partial charge in [0.2, 0.25) is 0 Å². The number of carbonyl (C=O) groups excluding carboxylic acids is 1. The van der Waals surface area contributed by atoms with Crippen molar-refractivity contribution in [1.82, 2.24) is 0 Å². The minimum absolute atomic E-state index is 0.0347. The van der Waals surface area contributed by atoms with E-state index in [-0.39, 0.29) is 17.4 Å². The van der Waals surface area contributed by atoms with E-state index in [2.05, 4.69) is 15.9 Å². The molecule has 0 saturated carbocycles. The molecule has 0 aromatic heterocycles. The van der Waals surface area contributed by atoms with E-state index in [0.717, 1.165) is 0 Å². The molecule has 1 unspecified atom stereocenters. The average molecular weight is 304 g/mol. The van der Waals surface area contributed by atoms with Crippen molar-refractivity contribution >= 4 is 27.4 Å². The molecule has 0 bridgehead atoms. The molecule has 2 nitrogen and oxygen atoms in total. The number of nitrogens with zero attached hydrogens (tertiary/aromatic N) is 1. The summed E-state index contributed by atoms with van der Waals surface area (Å²) in [5.41, 5.74) is -0.0347. The molecule has 1 aliphatic rings. The standard InChI is InChI=1S/C12H12BrF2NO/c1-7-6-16(3-2-11(7)17)12-9(14)4-8(13)5-10(12)15/h4-5,7H,2-3,6H2,1H3. The SMILES string of the molecule is CC1CN(c2c(F)cc(Br)cc2F)CCC1=O. The van der Waals surface area contributed by atoms with Crippen molar-refractivity contribution in [2.75, 3.05) is 18.0 Å². The zero-order valence-electron chi connectivity index (χ0n) is 9.34. The molecule has 0 radical (unpaired) electrons. The summed E-state index contributed by atoms with van der Waals surface area (Å²) < 4.78 is 27.8. The Hall–Kier alpha value is -0.970. The second kappa shape index (κ2) is 4.72. The number of hydrogen-bond donors (Lipinski definition) is 0. The summed E-state index contributed by atoms with van der Waals surface area (Å²) in [4.78, 5) is 13.0. The minimum Gasteiger partial charge on any atom is -0.366 e. The number of rotatable bonds is 1. The van der Waals surface area contributed by atoms with Crippen LogP contribution in [0.25, 0.3) is 0 Å². The highest BCUT2D eigenvalue weighted by atomic mass is 79.9. The molecule has 17 heavy (non-hydrogen) atoms. The predicted molar refractivity (Wildman–Crippen MR) is 65.1 cm³/mol. The van der Waals surface area contributed by atoms with Crippen LogP contribution < -0.4 is 4.90 Å². The molecule has 0 spiro atoms. The third-order valence-corrected chi connectivity index (χ3v) is 3.43. The van der Waals surface area contributed by atoms with E-state index in [0.29, 0.717) is 24.0 Å². The van der Waals surface area contributed by atoms with Gasteiger partial charge in [-0.2, -0.15) is 0 Å². The van der Waals surface area contributed by atoms with Crippen LogP contribution in [0, 0.1) is 17.6 Å². The van der Waals surface area contributed by atoms with Crippen molar-refractivity contribution in [1.29, 1.82) is 0 Å². The van der Waals surface area contributed by atoms with Gasteiger partial charge in [-0.3, -0.25) is 4.79 Å². The topological polar surface area (TPSA) is 20.3 Å². The number of halogens is 3. The van der Waals surface area contributed by atoms with E-state index in [1.807, 2.05) is 0 Å². The molecule has 1 aliphatic heterocycles. The van der Waals surface area contributed by atoms with Gasteiger partial charge in [0.05, 0.1) is 0 Å². The fourth-order valence-corrected chi connectivity index (χ4v) is 2.46. The molecule has 0 amide bonds. The molecule has 1 atom stereocenters. The molecule has 1 fully saturated rings. The summed E-state index contributed by atoms with van der Waals surface area (Å²) in [5, 5.41) is 0. The van der Waals surface area contributed by atoms with E-state index in [1.54, 1.807) is 11.8 Å². The molecule has 1 saturated heterocycles. The van der Waals surface area contributed by atoms with Crippen LogP contribution in [-0.4, -0.2) is 18.9 Å². The van der Waals surface area contributed by atoms with Gasteiger partial charge in [0.25, 0.3) is 0 Å².